The minimum atomic E-state index is -0.559. The summed E-state index contributed by atoms with van der Waals surface area (Å²) in [5, 5.41) is 2.91. The molecule has 0 spiro atoms. The van der Waals surface area contributed by atoms with Crippen molar-refractivity contribution < 1.29 is 4.39 Å². The summed E-state index contributed by atoms with van der Waals surface area (Å²) in [5.74, 6) is -0.559. The number of nitrogens with one attached hydrogen (secondary N) is 1. The van der Waals surface area contributed by atoms with Crippen LogP contribution in [0.15, 0.2) is 6.07 Å². The van der Waals surface area contributed by atoms with Crippen molar-refractivity contribution in [3.8, 4) is 0 Å². The molecule has 3 nitrogen and oxygen atoms in total. The second kappa shape index (κ2) is 3.20. The third-order valence-corrected chi connectivity index (χ3v) is 2.58. The smallest absolute Gasteiger partial charge is 0.169 e. The molecule has 0 unspecified atom stereocenters. The minimum Gasteiger partial charge on any atom is -0.397 e. The van der Waals surface area contributed by atoms with Gasteiger partial charge in [-0.05, 0) is 18.9 Å². The van der Waals surface area contributed by atoms with Gasteiger partial charge in [-0.3, -0.25) is 0 Å². The maximum absolute atomic E-state index is 13.6. The van der Waals surface area contributed by atoms with Crippen molar-refractivity contribution in [1.82, 2.24) is 0 Å². The van der Waals surface area contributed by atoms with Crippen LogP contribution in [0.4, 0.5) is 21.5 Å². The van der Waals surface area contributed by atoms with E-state index in [1.807, 2.05) is 0 Å². The van der Waals surface area contributed by atoms with Crippen LogP contribution >= 0.6 is 11.6 Å². The molecule has 1 aromatic rings. The highest BCUT2D eigenvalue weighted by atomic mass is 35.5. The highest BCUT2D eigenvalue weighted by Gasteiger charge is 2.24. The van der Waals surface area contributed by atoms with Crippen LogP contribution in [0, 0.1) is 5.82 Å². The maximum Gasteiger partial charge on any atom is 0.169 e. The van der Waals surface area contributed by atoms with Gasteiger partial charge >= 0.3 is 0 Å². The van der Waals surface area contributed by atoms with Crippen LogP contribution in [0.3, 0.4) is 0 Å². The van der Waals surface area contributed by atoms with E-state index in [9.17, 15) is 4.39 Å². The summed E-state index contributed by atoms with van der Waals surface area (Å²) in [6.07, 6.45) is 2.09. The van der Waals surface area contributed by atoms with Gasteiger partial charge in [0, 0.05) is 6.04 Å². The molecule has 1 saturated carbocycles. The summed E-state index contributed by atoms with van der Waals surface area (Å²) < 4.78 is 13.6. The number of rotatable bonds is 2. The number of nitrogens with two attached hydrogens (primary N) is 2. The molecule has 1 aliphatic carbocycles. The molecule has 76 valence electrons. The van der Waals surface area contributed by atoms with Crippen molar-refractivity contribution in [3.05, 3.63) is 16.9 Å². The molecule has 5 N–H and O–H groups in total. The molecular formula is C9H11ClFN3. The lowest BCUT2D eigenvalue weighted by Crippen LogP contribution is -2.07. The first-order chi connectivity index (χ1) is 6.59. The van der Waals surface area contributed by atoms with E-state index in [2.05, 4.69) is 5.32 Å². The Morgan fingerprint density at radius 1 is 1.36 bits per heavy atom. The van der Waals surface area contributed by atoms with Crippen molar-refractivity contribution >= 4 is 28.7 Å². The van der Waals surface area contributed by atoms with Crippen LogP contribution < -0.4 is 16.8 Å². The second-order valence-corrected chi connectivity index (χ2v) is 3.85. The lowest BCUT2D eigenvalue weighted by atomic mass is 10.2. The molecule has 14 heavy (non-hydrogen) atoms. The topological polar surface area (TPSA) is 64.1 Å². The lowest BCUT2D eigenvalue weighted by Gasteiger charge is -2.11. The van der Waals surface area contributed by atoms with E-state index in [0.29, 0.717) is 11.7 Å². The predicted octanol–water partition coefficient (Wildman–Crippen LogP) is 2.22. The molecule has 1 aromatic carbocycles. The summed E-state index contributed by atoms with van der Waals surface area (Å²) in [6.45, 7) is 0. The average Bonchev–Trinajstić information content (AvgIpc) is 2.92. The first-order valence-corrected chi connectivity index (χ1v) is 4.77. The summed E-state index contributed by atoms with van der Waals surface area (Å²) in [7, 11) is 0. The first-order valence-electron chi connectivity index (χ1n) is 4.39. The predicted molar refractivity (Wildman–Crippen MR) is 56.9 cm³/mol. The van der Waals surface area contributed by atoms with E-state index in [0.717, 1.165) is 12.8 Å². The molecule has 0 radical (unpaired) electrons. The van der Waals surface area contributed by atoms with Crippen molar-refractivity contribution in [1.29, 1.82) is 0 Å². The van der Waals surface area contributed by atoms with Gasteiger partial charge in [0.05, 0.1) is 17.1 Å². The molecule has 5 heteroatoms. The molecule has 0 saturated heterocycles. The SMILES string of the molecule is Nc1cc(N)c(NC2CC2)c(F)c1Cl. The van der Waals surface area contributed by atoms with Gasteiger partial charge in [0.1, 0.15) is 5.02 Å². The third-order valence-electron chi connectivity index (χ3n) is 2.19. The number of hydrogen-bond acceptors (Lipinski definition) is 3. The van der Waals surface area contributed by atoms with Crippen molar-refractivity contribution in [2.45, 2.75) is 18.9 Å². The van der Waals surface area contributed by atoms with Gasteiger partial charge in [-0.1, -0.05) is 11.6 Å². The van der Waals surface area contributed by atoms with Gasteiger partial charge in [0.2, 0.25) is 0 Å². The standard InChI is InChI=1S/C9H11ClFN3/c10-7-5(12)3-6(13)9(8(7)11)14-4-1-2-4/h3-4,14H,1-2,12-13H2. The van der Waals surface area contributed by atoms with Crippen LogP contribution in [0.2, 0.25) is 5.02 Å². The van der Waals surface area contributed by atoms with Crippen molar-refractivity contribution in [2.24, 2.45) is 0 Å². The van der Waals surface area contributed by atoms with Gasteiger partial charge in [-0.25, -0.2) is 4.39 Å². The van der Waals surface area contributed by atoms with E-state index < -0.39 is 5.82 Å². The first kappa shape index (κ1) is 9.40. The normalized spacial score (nSPS) is 15.6. The van der Waals surface area contributed by atoms with Crippen LogP contribution in [-0.2, 0) is 0 Å². The Morgan fingerprint density at radius 3 is 2.57 bits per heavy atom. The fourth-order valence-corrected chi connectivity index (χ4v) is 1.39. The Balaban J connectivity index is 2.40. The molecule has 0 atom stereocenters. The zero-order valence-corrected chi connectivity index (χ0v) is 8.24. The van der Waals surface area contributed by atoms with Gasteiger partial charge < -0.3 is 16.8 Å². The Labute approximate surface area is 86.2 Å². The monoisotopic (exact) mass is 215 g/mol. The van der Waals surface area contributed by atoms with Gasteiger partial charge in [0.25, 0.3) is 0 Å². The lowest BCUT2D eigenvalue weighted by molar-refractivity contribution is 0.631. The molecule has 0 bridgehead atoms. The van der Waals surface area contributed by atoms with E-state index in [1.165, 1.54) is 6.07 Å². The van der Waals surface area contributed by atoms with Crippen LogP contribution in [0.1, 0.15) is 12.8 Å². The van der Waals surface area contributed by atoms with Crippen molar-refractivity contribution in [2.75, 3.05) is 16.8 Å². The largest absolute Gasteiger partial charge is 0.397 e. The van der Waals surface area contributed by atoms with Gasteiger partial charge in [0.15, 0.2) is 5.82 Å². The van der Waals surface area contributed by atoms with Crippen LogP contribution in [0.25, 0.3) is 0 Å². The number of hydrogen-bond donors (Lipinski definition) is 3. The fraction of sp³-hybridized carbons (Fsp3) is 0.333. The zero-order valence-electron chi connectivity index (χ0n) is 7.48. The van der Waals surface area contributed by atoms with E-state index >= 15 is 0 Å². The molecule has 0 aromatic heterocycles. The maximum atomic E-state index is 13.6. The summed E-state index contributed by atoms with van der Waals surface area (Å²) in [5.41, 5.74) is 11.8. The summed E-state index contributed by atoms with van der Waals surface area (Å²) in [6, 6.07) is 1.79. The molecule has 1 fully saturated rings. The Morgan fingerprint density at radius 2 is 2.00 bits per heavy atom. The van der Waals surface area contributed by atoms with Crippen LogP contribution in [0.5, 0.6) is 0 Å². The molecule has 0 heterocycles. The molecular weight excluding hydrogens is 205 g/mol. The summed E-state index contributed by atoms with van der Waals surface area (Å²) >= 11 is 5.66. The van der Waals surface area contributed by atoms with Crippen LogP contribution in [-0.4, -0.2) is 6.04 Å². The van der Waals surface area contributed by atoms with Gasteiger partial charge in [-0.15, -0.1) is 0 Å². The quantitative estimate of drug-likeness (QED) is 0.663. The highest BCUT2D eigenvalue weighted by Crippen LogP contribution is 2.36. The molecule has 2 rings (SSSR count). The molecule has 0 aliphatic heterocycles. The van der Waals surface area contributed by atoms with E-state index in [-0.39, 0.29) is 16.4 Å². The Hall–Kier alpha value is -1.16. The third kappa shape index (κ3) is 1.57. The highest BCUT2D eigenvalue weighted by molar-refractivity contribution is 6.33. The Kier molecular flexibility index (Phi) is 2.15. The number of halogens is 2. The zero-order chi connectivity index (χ0) is 10.3. The minimum absolute atomic E-state index is 0.0673. The second-order valence-electron chi connectivity index (χ2n) is 3.48. The number of benzene rings is 1. The van der Waals surface area contributed by atoms with Gasteiger partial charge in [-0.2, -0.15) is 0 Å². The number of anilines is 3. The number of nitrogen functional groups attached to an aromatic ring is 2. The Bertz CT molecular complexity index is 377. The summed E-state index contributed by atoms with van der Waals surface area (Å²) in [4.78, 5) is 0. The van der Waals surface area contributed by atoms with E-state index in [1.54, 1.807) is 0 Å². The van der Waals surface area contributed by atoms with Crippen molar-refractivity contribution in [3.63, 3.8) is 0 Å². The molecule has 0 amide bonds. The molecule has 1 aliphatic rings. The average molecular weight is 216 g/mol. The van der Waals surface area contributed by atoms with E-state index in [4.69, 9.17) is 23.1 Å². The fourth-order valence-electron chi connectivity index (χ4n) is 1.24.